The highest BCUT2D eigenvalue weighted by Gasteiger charge is 2.37. The van der Waals surface area contributed by atoms with Gasteiger partial charge in [0, 0.05) is 17.0 Å². The molecule has 0 aromatic heterocycles. The molecule has 0 saturated carbocycles. The fraction of sp³-hybridized carbons (Fsp3) is 0.455. The molecule has 0 amide bonds. The molecule has 0 atom stereocenters. The Bertz CT molecular complexity index is 320. The van der Waals surface area contributed by atoms with Crippen molar-refractivity contribution in [1.82, 2.24) is 0 Å². The maximum Gasteiger partial charge on any atom is 0.196 e. The van der Waals surface area contributed by atoms with Gasteiger partial charge in [-0.15, -0.1) is 0 Å². The van der Waals surface area contributed by atoms with E-state index in [-0.39, 0.29) is 0 Å². The molecule has 1 aliphatic heterocycles. The van der Waals surface area contributed by atoms with Gasteiger partial charge in [-0.3, -0.25) is 0 Å². The molecule has 3 nitrogen and oxygen atoms in total. The maximum absolute atomic E-state index is 5.83. The van der Waals surface area contributed by atoms with Crippen LogP contribution in [0, 0.1) is 0 Å². The first-order valence-corrected chi connectivity index (χ1v) is 5.39. The zero-order chi connectivity index (χ0) is 10.7. The Hall–Kier alpha value is -0.610. The third-order valence-corrected chi connectivity index (χ3v) is 2.76. The van der Waals surface area contributed by atoms with Crippen LogP contribution in [0.1, 0.15) is 12.0 Å². The summed E-state index contributed by atoms with van der Waals surface area (Å²) >= 11 is 5.83. The van der Waals surface area contributed by atoms with Crippen LogP contribution >= 0.6 is 11.6 Å². The highest BCUT2D eigenvalue weighted by Crippen LogP contribution is 2.34. The minimum Gasteiger partial charge on any atom is -0.343 e. The third kappa shape index (κ3) is 2.16. The maximum atomic E-state index is 5.83. The summed E-state index contributed by atoms with van der Waals surface area (Å²) in [5, 5.41) is 0.708. The lowest BCUT2D eigenvalue weighted by molar-refractivity contribution is -0.168. The molecule has 0 spiro atoms. The predicted octanol–water partition coefficient (Wildman–Crippen LogP) is 1.89. The van der Waals surface area contributed by atoms with E-state index in [0.29, 0.717) is 31.2 Å². The fourth-order valence-corrected chi connectivity index (χ4v) is 1.93. The number of benzene rings is 1. The molecule has 2 N–H and O–H groups in total. The summed E-state index contributed by atoms with van der Waals surface area (Å²) in [7, 11) is 0. The van der Waals surface area contributed by atoms with E-state index < -0.39 is 5.79 Å². The molecule has 0 bridgehead atoms. The van der Waals surface area contributed by atoms with E-state index >= 15 is 0 Å². The van der Waals surface area contributed by atoms with Gasteiger partial charge in [0.1, 0.15) is 0 Å². The zero-order valence-corrected chi connectivity index (χ0v) is 9.17. The summed E-state index contributed by atoms with van der Waals surface area (Å²) < 4.78 is 11.3. The van der Waals surface area contributed by atoms with Crippen LogP contribution in [0.3, 0.4) is 0 Å². The summed E-state index contributed by atoms with van der Waals surface area (Å²) in [6.45, 7) is 1.76. The molecule has 0 aliphatic carbocycles. The zero-order valence-electron chi connectivity index (χ0n) is 8.41. The molecule has 1 aromatic carbocycles. The second-order valence-corrected chi connectivity index (χ2v) is 3.93. The van der Waals surface area contributed by atoms with Crippen molar-refractivity contribution in [2.45, 2.75) is 12.2 Å². The molecule has 1 aromatic rings. The molecule has 0 unspecified atom stereocenters. The minimum atomic E-state index is -0.653. The summed E-state index contributed by atoms with van der Waals surface area (Å²) in [4.78, 5) is 0. The number of hydrogen-bond donors (Lipinski definition) is 1. The lowest BCUT2D eigenvalue weighted by Crippen LogP contribution is -2.30. The topological polar surface area (TPSA) is 44.5 Å². The highest BCUT2D eigenvalue weighted by molar-refractivity contribution is 6.30. The van der Waals surface area contributed by atoms with Crippen molar-refractivity contribution < 1.29 is 9.47 Å². The normalized spacial score (nSPS) is 19.3. The van der Waals surface area contributed by atoms with Crippen molar-refractivity contribution >= 4 is 11.6 Å². The summed E-state index contributed by atoms with van der Waals surface area (Å²) in [5.74, 6) is -0.653. The predicted molar refractivity (Wildman–Crippen MR) is 58.7 cm³/mol. The van der Waals surface area contributed by atoms with Crippen LogP contribution in [0.2, 0.25) is 5.02 Å². The Balaban J connectivity index is 2.28. The number of halogens is 1. The first-order chi connectivity index (χ1) is 7.27. The van der Waals surface area contributed by atoms with E-state index in [4.69, 9.17) is 26.8 Å². The molecule has 1 aliphatic rings. The number of hydrogen-bond acceptors (Lipinski definition) is 3. The van der Waals surface area contributed by atoms with Crippen molar-refractivity contribution in [2.24, 2.45) is 5.73 Å². The van der Waals surface area contributed by atoms with Crippen LogP contribution in [-0.2, 0) is 15.3 Å². The average molecular weight is 228 g/mol. The number of rotatable bonds is 3. The van der Waals surface area contributed by atoms with Crippen LogP contribution in [0.25, 0.3) is 0 Å². The van der Waals surface area contributed by atoms with Crippen molar-refractivity contribution in [1.29, 1.82) is 0 Å². The second kappa shape index (κ2) is 4.49. The summed E-state index contributed by atoms with van der Waals surface area (Å²) in [6, 6.07) is 7.51. The smallest absolute Gasteiger partial charge is 0.196 e. The second-order valence-electron chi connectivity index (χ2n) is 3.50. The first-order valence-electron chi connectivity index (χ1n) is 5.01. The van der Waals surface area contributed by atoms with Gasteiger partial charge in [0.25, 0.3) is 0 Å². The van der Waals surface area contributed by atoms with Gasteiger partial charge >= 0.3 is 0 Å². The molecule has 1 fully saturated rings. The quantitative estimate of drug-likeness (QED) is 0.858. The van der Waals surface area contributed by atoms with Gasteiger partial charge in [0.15, 0.2) is 5.79 Å². The Kier molecular flexibility index (Phi) is 3.26. The van der Waals surface area contributed by atoms with Gasteiger partial charge in [-0.25, -0.2) is 0 Å². The van der Waals surface area contributed by atoms with Gasteiger partial charge in [-0.1, -0.05) is 23.7 Å². The third-order valence-electron chi connectivity index (χ3n) is 2.51. The Morgan fingerprint density at radius 3 is 2.33 bits per heavy atom. The molecular weight excluding hydrogens is 214 g/mol. The van der Waals surface area contributed by atoms with Crippen molar-refractivity contribution in [3.8, 4) is 0 Å². The fourth-order valence-electron chi connectivity index (χ4n) is 1.80. The van der Waals surface area contributed by atoms with Crippen LogP contribution < -0.4 is 5.73 Å². The molecule has 15 heavy (non-hydrogen) atoms. The Morgan fingerprint density at radius 2 is 1.80 bits per heavy atom. The molecule has 4 heteroatoms. The molecule has 1 heterocycles. The van der Waals surface area contributed by atoms with Crippen LogP contribution in [0.15, 0.2) is 24.3 Å². The van der Waals surface area contributed by atoms with E-state index in [1.54, 1.807) is 0 Å². The Labute approximate surface area is 94.1 Å². The molecule has 2 rings (SSSR count). The van der Waals surface area contributed by atoms with Crippen molar-refractivity contribution in [2.75, 3.05) is 19.8 Å². The monoisotopic (exact) mass is 227 g/mol. The molecule has 82 valence electrons. The lowest BCUT2D eigenvalue weighted by Gasteiger charge is -2.27. The van der Waals surface area contributed by atoms with Gasteiger partial charge in [0.05, 0.1) is 13.2 Å². The minimum absolute atomic E-state index is 0.530. The van der Waals surface area contributed by atoms with E-state index in [9.17, 15) is 0 Å². The largest absolute Gasteiger partial charge is 0.343 e. The van der Waals surface area contributed by atoms with E-state index in [2.05, 4.69) is 0 Å². The van der Waals surface area contributed by atoms with Crippen LogP contribution in [0.5, 0.6) is 0 Å². The number of nitrogens with two attached hydrogens (primary N) is 1. The Morgan fingerprint density at radius 1 is 1.20 bits per heavy atom. The lowest BCUT2D eigenvalue weighted by atomic mass is 10.0. The van der Waals surface area contributed by atoms with Crippen LogP contribution in [-0.4, -0.2) is 19.8 Å². The molecule has 1 saturated heterocycles. The van der Waals surface area contributed by atoms with Crippen molar-refractivity contribution in [3.63, 3.8) is 0 Å². The molecule has 0 radical (unpaired) electrons. The van der Waals surface area contributed by atoms with Gasteiger partial charge < -0.3 is 15.2 Å². The van der Waals surface area contributed by atoms with Gasteiger partial charge in [-0.2, -0.15) is 0 Å². The first kappa shape index (κ1) is 10.9. The van der Waals surface area contributed by atoms with Crippen LogP contribution in [0.4, 0.5) is 0 Å². The standard InChI is InChI=1S/C11H14ClNO2/c12-10-3-1-9(2-4-10)11(5-6-13)14-7-8-15-11/h1-4H,5-8,13H2. The summed E-state index contributed by atoms with van der Waals surface area (Å²) in [5.41, 5.74) is 6.56. The van der Waals surface area contributed by atoms with E-state index in [1.807, 2.05) is 24.3 Å². The molecular formula is C11H14ClNO2. The van der Waals surface area contributed by atoms with Gasteiger partial charge in [0.2, 0.25) is 0 Å². The van der Waals surface area contributed by atoms with E-state index in [1.165, 1.54) is 0 Å². The summed E-state index contributed by atoms with van der Waals surface area (Å²) in [6.07, 6.45) is 0.661. The SMILES string of the molecule is NCCC1(c2ccc(Cl)cc2)OCCO1. The average Bonchev–Trinajstić information content (AvgIpc) is 2.69. The van der Waals surface area contributed by atoms with E-state index in [0.717, 1.165) is 5.56 Å². The highest BCUT2D eigenvalue weighted by atomic mass is 35.5. The van der Waals surface area contributed by atoms with Gasteiger partial charge in [-0.05, 0) is 18.7 Å². The van der Waals surface area contributed by atoms with Crippen molar-refractivity contribution in [3.05, 3.63) is 34.9 Å². The number of ether oxygens (including phenoxy) is 2.